The van der Waals surface area contributed by atoms with Gasteiger partial charge < -0.3 is 16.8 Å². The minimum atomic E-state index is -0.634. The number of nitrogens with one attached hydrogen (secondary N) is 1. The maximum atomic E-state index is 12.2. The molecule has 0 bridgehead atoms. The second kappa shape index (κ2) is 9.68. The summed E-state index contributed by atoms with van der Waals surface area (Å²) in [7, 11) is 0. The number of hydrogen-bond acceptors (Lipinski definition) is 5. The van der Waals surface area contributed by atoms with E-state index in [-0.39, 0.29) is 11.7 Å². The number of amides is 1. The predicted octanol–water partition coefficient (Wildman–Crippen LogP) is 1.63. The number of anilines is 1. The Bertz CT molecular complexity index is 734. The van der Waals surface area contributed by atoms with Gasteiger partial charge in [0.1, 0.15) is 5.82 Å². The van der Waals surface area contributed by atoms with Gasteiger partial charge in [-0.2, -0.15) is 0 Å². The maximum Gasteiger partial charge on any atom is 0.237 e. The summed E-state index contributed by atoms with van der Waals surface area (Å²) in [6.07, 6.45) is 3.76. The number of carbonyl (C=O) groups excluding carboxylic acids is 2. The van der Waals surface area contributed by atoms with Crippen LogP contribution in [0.25, 0.3) is 0 Å². The fourth-order valence-corrected chi connectivity index (χ4v) is 2.63. The third-order valence-corrected chi connectivity index (χ3v) is 4.27. The van der Waals surface area contributed by atoms with Crippen LogP contribution in [0.4, 0.5) is 5.82 Å². The van der Waals surface area contributed by atoms with Gasteiger partial charge in [0.25, 0.3) is 0 Å². The molecule has 0 saturated heterocycles. The van der Waals surface area contributed by atoms with Gasteiger partial charge in [-0.25, -0.2) is 4.98 Å². The van der Waals surface area contributed by atoms with E-state index in [4.69, 9.17) is 11.5 Å². The number of rotatable bonds is 9. The lowest BCUT2D eigenvalue weighted by Gasteiger charge is -2.17. The summed E-state index contributed by atoms with van der Waals surface area (Å²) < 4.78 is 0. The third kappa shape index (κ3) is 6.29. The Balaban J connectivity index is 1.75. The summed E-state index contributed by atoms with van der Waals surface area (Å²) in [4.78, 5) is 28.3. The van der Waals surface area contributed by atoms with Crippen molar-refractivity contribution in [2.75, 3.05) is 5.73 Å². The average molecular weight is 354 g/mol. The highest BCUT2D eigenvalue weighted by Gasteiger charge is 2.19. The summed E-state index contributed by atoms with van der Waals surface area (Å²) in [6, 6.07) is 12.2. The minimum Gasteiger partial charge on any atom is -0.384 e. The molecule has 0 saturated carbocycles. The second-order valence-electron chi connectivity index (χ2n) is 6.42. The van der Waals surface area contributed by atoms with Gasteiger partial charge in [0.15, 0.2) is 5.78 Å². The molecule has 1 aromatic heterocycles. The molecule has 0 unspecified atom stereocenters. The predicted molar refractivity (Wildman–Crippen MR) is 102 cm³/mol. The summed E-state index contributed by atoms with van der Waals surface area (Å²) in [5.74, 6) is 0.0969. The fraction of sp³-hybridized carbons (Fsp3) is 0.350. The Morgan fingerprint density at radius 1 is 1.12 bits per heavy atom. The van der Waals surface area contributed by atoms with Crippen molar-refractivity contribution in [1.82, 2.24) is 10.3 Å². The fourth-order valence-electron chi connectivity index (χ4n) is 2.63. The molecule has 0 aliphatic heterocycles. The lowest BCUT2D eigenvalue weighted by Crippen LogP contribution is -2.47. The number of aromatic nitrogens is 1. The van der Waals surface area contributed by atoms with E-state index in [1.807, 2.05) is 36.4 Å². The topological polar surface area (TPSA) is 111 Å². The lowest BCUT2D eigenvalue weighted by molar-refractivity contribution is -0.128. The monoisotopic (exact) mass is 354 g/mol. The Morgan fingerprint density at radius 3 is 2.54 bits per heavy atom. The van der Waals surface area contributed by atoms with Crippen LogP contribution >= 0.6 is 0 Å². The summed E-state index contributed by atoms with van der Waals surface area (Å²) in [5, 5.41) is 2.71. The van der Waals surface area contributed by atoms with E-state index in [0.29, 0.717) is 25.1 Å². The summed E-state index contributed by atoms with van der Waals surface area (Å²) in [5.41, 5.74) is 13.7. The molecule has 0 radical (unpaired) electrons. The van der Waals surface area contributed by atoms with Crippen LogP contribution in [0.3, 0.4) is 0 Å². The van der Waals surface area contributed by atoms with E-state index in [0.717, 1.165) is 17.5 Å². The molecule has 0 aliphatic rings. The van der Waals surface area contributed by atoms with Crippen LogP contribution in [0.5, 0.6) is 0 Å². The molecule has 0 spiro atoms. The molecular weight excluding hydrogens is 328 g/mol. The highest BCUT2D eigenvalue weighted by molar-refractivity contribution is 5.90. The van der Waals surface area contributed by atoms with Crippen LogP contribution in [-0.2, 0) is 22.4 Å². The molecule has 1 heterocycles. The zero-order valence-electron chi connectivity index (χ0n) is 15.0. The molecule has 6 nitrogen and oxygen atoms in total. The molecule has 2 atom stereocenters. The highest BCUT2D eigenvalue weighted by Crippen LogP contribution is 2.08. The van der Waals surface area contributed by atoms with Gasteiger partial charge in [-0.15, -0.1) is 0 Å². The first-order valence-electron chi connectivity index (χ1n) is 8.78. The number of benzene rings is 1. The van der Waals surface area contributed by atoms with Crippen molar-refractivity contribution in [1.29, 1.82) is 0 Å². The number of carbonyl (C=O) groups is 2. The first-order valence-corrected chi connectivity index (χ1v) is 8.78. The Morgan fingerprint density at radius 2 is 1.85 bits per heavy atom. The van der Waals surface area contributed by atoms with Crippen molar-refractivity contribution >= 4 is 17.5 Å². The number of ketones is 1. The van der Waals surface area contributed by atoms with Gasteiger partial charge >= 0.3 is 0 Å². The van der Waals surface area contributed by atoms with Crippen molar-refractivity contribution in [2.45, 2.75) is 44.7 Å². The van der Waals surface area contributed by atoms with E-state index < -0.39 is 12.1 Å². The molecule has 6 heteroatoms. The van der Waals surface area contributed by atoms with E-state index in [1.54, 1.807) is 19.2 Å². The number of Topliss-reactive ketones (excluding diaryl/α,β-unsaturated/α-hetero) is 1. The molecule has 138 valence electrons. The van der Waals surface area contributed by atoms with Crippen molar-refractivity contribution < 1.29 is 9.59 Å². The number of aryl methyl sites for hydroxylation is 2. The summed E-state index contributed by atoms with van der Waals surface area (Å²) in [6.45, 7) is 1.69. The van der Waals surface area contributed by atoms with Crippen LogP contribution in [-0.4, -0.2) is 28.8 Å². The number of hydrogen-bond donors (Lipinski definition) is 3. The number of pyridine rings is 1. The first-order chi connectivity index (χ1) is 12.5. The average Bonchev–Trinajstić information content (AvgIpc) is 2.64. The highest BCUT2D eigenvalue weighted by atomic mass is 16.2. The summed E-state index contributed by atoms with van der Waals surface area (Å²) >= 11 is 0. The molecule has 1 aromatic carbocycles. The van der Waals surface area contributed by atoms with Crippen LogP contribution in [0, 0.1) is 0 Å². The standard InChI is InChI=1S/C20H26N4O2/c1-14(18(25)10-8-16-11-12-23-19(22)13-16)24-20(26)17(21)9-7-15-5-3-2-4-6-15/h2-6,11-14,17H,7-10,21H2,1H3,(H2,22,23)(H,24,26)/t14-,17+/m0/s1. The maximum absolute atomic E-state index is 12.2. The minimum absolute atomic E-state index is 0.0380. The van der Waals surface area contributed by atoms with E-state index in [1.165, 1.54) is 0 Å². The lowest BCUT2D eigenvalue weighted by atomic mass is 10.0. The van der Waals surface area contributed by atoms with Crippen molar-refractivity contribution in [3.05, 3.63) is 59.8 Å². The van der Waals surface area contributed by atoms with Crippen molar-refractivity contribution in [3.8, 4) is 0 Å². The Hall–Kier alpha value is -2.73. The molecule has 26 heavy (non-hydrogen) atoms. The van der Waals surface area contributed by atoms with Gasteiger partial charge in [0.2, 0.25) is 5.91 Å². The van der Waals surface area contributed by atoms with Gasteiger partial charge in [0, 0.05) is 12.6 Å². The van der Waals surface area contributed by atoms with Gasteiger partial charge in [-0.05, 0) is 49.4 Å². The third-order valence-electron chi connectivity index (χ3n) is 4.27. The first kappa shape index (κ1) is 19.6. The molecule has 0 fully saturated rings. The smallest absolute Gasteiger partial charge is 0.237 e. The zero-order chi connectivity index (χ0) is 18.9. The molecule has 5 N–H and O–H groups in total. The largest absolute Gasteiger partial charge is 0.384 e. The normalized spacial score (nSPS) is 13.0. The van der Waals surface area contributed by atoms with Gasteiger partial charge in [0.05, 0.1) is 12.1 Å². The Labute approximate surface area is 154 Å². The van der Waals surface area contributed by atoms with Crippen LogP contribution < -0.4 is 16.8 Å². The van der Waals surface area contributed by atoms with E-state index in [2.05, 4.69) is 10.3 Å². The molecule has 2 rings (SSSR count). The molecule has 0 aliphatic carbocycles. The van der Waals surface area contributed by atoms with E-state index in [9.17, 15) is 9.59 Å². The van der Waals surface area contributed by atoms with Crippen LogP contribution in [0.2, 0.25) is 0 Å². The number of nitrogens with zero attached hydrogens (tertiary/aromatic N) is 1. The van der Waals surface area contributed by atoms with Crippen molar-refractivity contribution in [2.24, 2.45) is 5.73 Å². The number of nitrogen functional groups attached to an aromatic ring is 1. The molecule has 1 amide bonds. The molecular formula is C20H26N4O2. The van der Waals surface area contributed by atoms with Gasteiger partial charge in [-0.1, -0.05) is 30.3 Å². The zero-order valence-corrected chi connectivity index (χ0v) is 15.0. The van der Waals surface area contributed by atoms with Crippen molar-refractivity contribution in [3.63, 3.8) is 0 Å². The quantitative estimate of drug-likeness (QED) is 0.634. The second-order valence-corrected chi connectivity index (χ2v) is 6.42. The van der Waals surface area contributed by atoms with Crippen LogP contribution in [0.1, 0.15) is 30.9 Å². The van der Waals surface area contributed by atoms with Gasteiger partial charge in [-0.3, -0.25) is 9.59 Å². The van der Waals surface area contributed by atoms with Crippen LogP contribution in [0.15, 0.2) is 48.7 Å². The molecule has 2 aromatic rings. The number of nitrogens with two attached hydrogens (primary N) is 2. The van der Waals surface area contributed by atoms with E-state index >= 15 is 0 Å². The SMILES string of the molecule is C[C@H](NC(=O)[C@H](N)CCc1ccccc1)C(=O)CCc1ccnc(N)c1. The Kier molecular flexibility index (Phi) is 7.29.